The van der Waals surface area contributed by atoms with Crippen LogP contribution in [0.25, 0.3) is 0 Å². The molecule has 1 saturated carbocycles. The quantitative estimate of drug-likeness (QED) is 0.470. The van der Waals surface area contributed by atoms with Crippen LogP contribution in [-0.2, 0) is 46.4 Å². The molecule has 0 aliphatic heterocycles. The zero-order valence-electron chi connectivity index (χ0n) is 20.7. The van der Waals surface area contributed by atoms with E-state index in [-0.39, 0.29) is 32.0 Å². The lowest BCUT2D eigenvalue weighted by Gasteiger charge is -2.35. The molecule has 7 heteroatoms. The molecule has 0 spiro atoms. The van der Waals surface area contributed by atoms with Crippen LogP contribution >= 0.6 is 0 Å². The van der Waals surface area contributed by atoms with Crippen molar-refractivity contribution in [2.75, 3.05) is 6.61 Å². The van der Waals surface area contributed by atoms with Gasteiger partial charge in [-0.2, -0.15) is 0 Å². The molecule has 1 aromatic heterocycles. The number of nitrogens with one attached hydrogen (secondary N) is 1. The maximum atomic E-state index is 12.8. The second kappa shape index (κ2) is 10.7. The predicted molar refractivity (Wildman–Crippen MR) is 135 cm³/mol. The standard InChI is InChI=1S/C29H36N2O5/c32-27(33)26(31-28(34)29(35)17-21-6-1-2-7-22(21)18-29)13-14-36-24-15-19(16-24)9-11-23-12-10-20-5-3-4-8-25(20)30-23/h1-2,6-7,10,12,19,24,26,35H,3-5,8-9,11,13-18H2,(H,31,34)(H,32,33)/t19?,24?,26-/m0/s1. The van der Waals surface area contributed by atoms with Crippen LogP contribution in [0.1, 0.15) is 66.6 Å². The van der Waals surface area contributed by atoms with Crippen molar-refractivity contribution in [2.24, 2.45) is 5.92 Å². The van der Waals surface area contributed by atoms with Gasteiger partial charge in [0, 0.05) is 37.3 Å². The third-order valence-corrected chi connectivity index (χ3v) is 8.11. The third-order valence-electron chi connectivity index (χ3n) is 8.11. The molecule has 1 aromatic carbocycles. The number of carbonyl (C=O) groups is 2. The van der Waals surface area contributed by atoms with E-state index in [1.807, 2.05) is 24.3 Å². The van der Waals surface area contributed by atoms with Gasteiger partial charge in [-0.25, -0.2) is 4.79 Å². The van der Waals surface area contributed by atoms with Crippen molar-refractivity contribution >= 4 is 11.9 Å². The number of aliphatic carboxylic acids is 1. The van der Waals surface area contributed by atoms with Gasteiger partial charge in [0.1, 0.15) is 6.04 Å². The number of benzene rings is 1. The number of carboxylic acids is 1. The number of nitrogens with zero attached hydrogens (tertiary/aromatic N) is 1. The number of aromatic nitrogens is 1. The van der Waals surface area contributed by atoms with Crippen molar-refractivity contribution in [1.82, 2.24) is 10.3 Å². The van der Waals surface area contributed by atoms with E-state index >= 15 is 0 Å². The first-order valence-corrected chi connectivity index (χ1v) is 13.3. The minimum absolute atomic E-state index is 0.144. The topological polar surface area (TPSA) is 109 Å². The lowest BCUT2D eigenvalue weighted by atomic mass is 9.79. The van der Waals surface area contributed by atoms with Gasteiger partial charge >= 0.3 is 5.97 Å². The van der Waals surface area contributed by atoms with Crippen LogP contribution in [0.15, 0.2) is 36.4 Å². The van der Waals surface area contributed by atoms with Gasteiger partial charge in [0.15, 0.2) is 5.60 Å². The van der Waals surface area contributed by atoms with Crippen molar-refractivity contribution in [2.45, 2.75) is 88.4 Å². The molecule has 0 saturated heterocycles. The van der Waals surface area contributed by atoms with Crippen LogP contribution in [0.2, 0.25) is 0 Å². The maximum absolute atomic E-state index is 12.8. The van der Waals surface area contributed by atoms with Gasteiger partial charge in [-0.15, -0.1) is 0 Å². The second-order valence-electron chi connectivity index (χ2n) is 10.8. The monoisotopic (exact) mass is 492 g/mol. The Morgan fingerprint density at radius 1 is 1.06 bits per heavy atom. The Kier molecular flexibility index (Phi) is 7.39. The molecule has 36 heavy (non-hydrogen) atoms. The molecule has 5 rings (SSSR count). The number of rotatable bonds is 10. The second-order valence-corrected chi connectivity index (χ2v) is 10.8. The lowest BCUT2D eigenvalue weighted by molar-refractivity contribution is -0.147. The summed E-state index contributed by atoms with van der Waals surface area (Å²) < 4.78 is 5.91. The number of hydrogen-bond acceptors (Lipinski definition) is 5. The van der Waals surface area contributed by atoms with Crippen LogP contribution in [-0.4, -0.2) is 51.4 Å². The number of fused-ring (bicyclic) bond motifs is 2. The normalized spacial score (nSPS) is 22.7. The first-order chi connectivity index (χ1) is 17.4. The van der Waals surface area contributed by atoms with E-state index < -0.39 is 23.5 Å². The zero-order chi connectivity index (χ0) is 25.1. The summed E-state index contributed by atoms with van der Waals surface area (Å²) in [6.07, 6.45) is 9.53. The molecule has 3 N–H and O–H groups in total. The van der Waals surface area contributed by atoms with Gasteiger partial charge in [0.2, 0.25) is 0 Å². The fraction of sp³-hybridized carbons (Fsp3) is 0.552. The highest BCUT2D eigenvalue weighted by atomic mass is 16.5. The molecule has 0 unspecified atom stereocenters. The molecular weight excluding hydrogens is 456 g/mol. The Balaban J connectivity index is 1.02. The van der Waals surface area contributed by atoms with Crippen molar-refractivity contribution in [3.63, 3.8) is 0 Å². The number of aryl methyl sites for hydroxylation is 3. The zero-order valence-corrected chi connectivity index (χ0v) is 20.7. The van der Waals surface area contributed by atoms with Crippen LogP contribution in [0, 0.1) is 5.92 Å². The van der Waals surface area contributed by atoms with Crippen molar-refractivity contribution in [3.05, 3.63) is 64.5 Å². The molecule has 0 radical (unpaired) electrons. The van der Waals surface area contributed by atoms with Crippen LogP contribution in [0.5, 0.6) is 0 Å². The molecule has 1 fully saturated rings. The largest absolute Gasteiger partial charge is 0.480 e. The lowest BCUT2D eigenvalue weighted by Crippen LogP contribution is -2.53. The number of carbonyl (C=O) groups excluding carboxylic acids is 1. The van der Waals surface area contributed by atoms with Crippen LogP contribution in [0.4, 0.5) is 0 Å². The molecule has 192 valence electrons. The van der Waals surface area contributed by atoms with Gasteiger partial charge < -0.3 is 20.3 Å². The molecule has 7 nitrogen and oxygen atoms in total. The molecule has 0 bridgehead atoms. The van der Waals surface area contributed by atoms with E-state index in [0.29, 0.717) is 5.92 Å². The highest BCUT2D eigenvalue weighted by molar-refractivity contribution is 5.90. The number of ether oxygens (including phenoxy) is 1. The highest BCUT2D eigenvalue weighted by Gasteiger charge is 2.43. The summed E-state index contributed by atoms with van der Waals surface area (Å²) in [6, 6.07) is 10.9. The smallest absolute Gasteiger partial charge is 0.326 e. The molecular formula is C29H36N2O5. The number of hydrogen-bond donors (Lipinski definition) is 3. The molecule has 2 aromatic rings. The molecule has 1 amide bonds. The Bertz CT molecular complexity index is 1090. The predicted octanol–water partition coefficient (Wildman–Crippen LogP) is 3.18. The first-order valence-electron chi connectivity index (χ1n) is 13.3. The highest BCUT2D eigenvalue weighted by Crippen LogP contribution is 2.34. The van der Waals surface area contributed by atoms with Gasteiger partial charge in [-0.3, -0.25) is 9.78 Å². The van der Waals surface area contributed by atoms with Gasteiger partial charge in [0.25, 0.3) is 5.91 Å². The van der Waals surface area contributed by atoms with E-state index in [1.54, 1.807) is 0 Å². The number of aliphatic hydroxyl groups is 1. The van der Waals surface area contributed by atoms with Gasteiger partial charge in [0.05, 0.1) is 6.10 Å². The molecule has 1 atom stereocenters. The van der Waals surface area contributed by atoms with Crippen molar-refractivity contribution in [1.29, 1.82) is 0 Å². The maximum Gasteiger partial charge on any atom is 0.326 e. The average Bonchev–Trinajstić information content (AvgIpc) is 3.21. The Morgan fingerprint density at radius 3 is 2.50 bits per heavy atom. The Hall–Kier alpha value is -2.77. The summed E-state index contributed by atoms with van der Waals surface area (Å²) in [6.45, 7) is 0.264. The van der Waals surface area contributed by atoms with E-state index in [9.17, 15) is 19.8 Å². The Labute approximate surface area is 212 Å². The number of pyridine rings is 1. The fourth-order valence-corrected chi connectivity index (χ4v) is 5.82. The summed E-state index contributed by atoms with van der Waals surface area (Å²) in [4.78, 5) is 29.4. The number of amides is 1. The third kappa shape index (κ3) is 5.62. The Morgan fingerprint density at radius 2 is 1.78 bits per heavy atom. The van der Waals surface area contributed by atoms with E-state index in [1.165, 1.54) is 29.8 Å². The summed E-state index contributed by atoms with van der Waals surface area (Å²) in [5.74, 6) is -1.14. The average molecular weight is 493 g/mol. The first kappa shape index (κ1) is 24.9. The van der Waals surface area contributed by atoms with Crippen molar-refractivity contribution < 1.29 is 24.5 Å². The minimum atomic E-state index is -1.60. The molecule has 3 aliphatic carbocycles. The SMILES string of the molecule is O=C(O)[C@H](CCOC1CC(CCc2ccc3c(n2)CCCC3)C1)NC(=O)C1(O)Cc2ccccc2C1. The van der Waals surface area contributed by atoms with Crippen LogP contribution < -0.4 is 5.32 Å². The minimum Gasteiger partial charge on any atom is -0.480 e. The summed E-state index contributed by atoms with van der Waals surface area (Å²) in [5, 5.41) is 23.0. The van der Waals surface area contributed by atoms with Crippen molar-refractivity contribution in [3.8, 4) is 0 Å². The molecule has 1 heterocycles. The van der Waals surface area contributed by atoms with Gasteiger partial charge in [-0.05, 0) is 80.0 Å². The summed E-state index contributed by atoms with van der Waals surface area (Å²) in [5.41, 5.74) is 4.14. The molecule has 3 aliphatic rings. The number of carboxylic acid groups (broad SMARTS) is 1. The van der Waals surface area contributed by atoms with E-state index in [0.717, 1.165) is 49.7 Å². The van der Waals surface area contributed by atoms with E-state index in [2.05, 4.69) is 17.4 Å². The van der Waals surface area contributed by atoms with E-state index in [4.69, 9.17) is 9.72 Å². The fourth-order valence-electron chi connectivity index (χ4n) is 5.82. The summed E-state index contributed by atoms with van der Waals surface area (Å²) >= 11 is 0. The van der Waals surface area contributed by atoms with Crippen LogP contribution in [0.3, 0.4) is 0 Å². The summed E-state index contributed by atoms with van der Waals surface area (Å²) in [7, 11) is 0. The van der Waals surface area contributed by atoms with Gasteiger partial charge in [-0.1, -0.05) is 30.3 Å².